The minimum absolute atomic E-state index is 0.582. The van der Waals surface area contributed by atoms with Crippen LogP contribution in [0.2, 0.25) is 19.6 Å². The SMILES string of the molecule is CC(C)(CN1CC=C(O[Si](C)(C)C)CC1)C(=O)O. The molecule has 5 heteroatoms. The van der Waals surface area contributed by atoms with Crippen molar-refractivity contribution < 1.29 is 14.3 Å². The summed E-state index contributed by atoms with van der Waals surface area (Å²) in [5.41, 5.74) is -0.690. The lowest BCUT2D eigenvalue weighted by molar-refractivity contribution is -0.147. The minimum Gasteiger partial charge on any atom is -0.547 e. The van der Waals surface area contributed by atoms with Crippen molar-refractivity contribution in [2.45, 2.75) is 39.9 Å². The highest BCUT2D eigenvalue weighted by molar-refractivity contribution is 6.70. The maximum atomic E-state index is 11.1. The van der Waals surface area contributed by atoms with E-state index < -0.39 is 19.7 Å². The summed E-state index contributed by atoms with van der Waals surface area (Å²) in [6.07, 6.45) is 2.99. The molecule has 0 atom stereocenters. The highest BCUT2D eigenvalue weighted by Crippen LogP contribution is 2.22. The number of hydrogen-bond acceptors (Lipinski definition) is 3. The number of carboxylic acid groups (broad SMARTS) is 1. The predicted molar refractivity (Wildman–Crippen MR) is 75.0 cm³/mol. The van der Waals surface area contributed by atoms with Crippen LogP contribution in [-0.4, -0.2) is 43.9 Å². The maximum absolute atomic E-state index is 11.1. The van der Waals surface area contributed by atoms with E-state index in [1.54, 1.807) is 13.8 Å². The van der Waals surface area contributed by atoms with Gasteiger partial charge in [-0.05, 0) is 39.6 Å². The van der Waals surface area contributed by atoms with E-state index in [0.717, 1.165) is 25.3 Å². The fourth-order valence-corrected chi connectivity index (χ4v) is 2.92. The molecule has 0 radical (unpaired) electrons. The van der Waals surface area contributed by atoms with Gasteiger partial charge in [0, 0.05) is 26.1 Å². The predicted octanol–water partition coefficient (Wildman–Crippen LogP) is 2.54. The second-order valence-corrected chi connectivity index (χ2v) is 11.0. The van der Waals surface area contributed by atoms with Crippen LogP contribution in [0, 0.1) is 5.41 Å². The topological polar surface area (TPSA) is 49.8 Å². The van der Waals surface area contributed by atoms with Gasteiger partial charge < -0.3 is 9.53 Å². The molecule has 4 nitrogen and oxygen atoms in total. The van der Waals surface area contributed by atoms with Crippen LogP contribution in [0.5, 0.6) is 0 Å². The maximum Gasteiger partial charge on any atom is 0.310 e. The molecule has 1 aliphatic rings. The van der Waals surface area contributed by atoms with E-state index in [0.29, 0.717) is 6.54 Å². The van der Waals surface area contributed by atoms with E-state index >= 15 is 0 Å². The van der Waals surface area contributed by atoms with Crippen molar-refractivity contribution in [3.05, 3.63) is 11.8 Å². The van der Waals surface area contributed by atoms with E-state index in [4.69, 9.17) is 9.53 Å². The second-order valence-electron chi connectivity index (χ2n) is 6.56. The van der Waals surface area contributed by atoms with E-state index in [-0.39, 0.29) is 0 Å². The first-order valence-electron chi connectivity index (χ1n) is 6.44. The monoisotopic (exact) mass is 271 g/mol. The Morgan fingerprint density at radius 2 is 2.11 bits per heavy atom. The average molecular weight is 271 g/mol. The normalized spacial score (nSPS) is 18.4. The molecule has 0 unspecified atom stereocenters. The van der Waals surface area contributed by atoms with Crippen molar-refractivity contribution >= 4 is 14.3 Å². The van der Waals surface area contributed by atoms with Crippen molar-refractivity contribution in [1.82, 2.24) is 4.90 Å². The van der Waals surface area contributed by atoms with Crippen molar-refractivity contribution in [2.24, 2.45) is 5.41 Å². The van der Waals surface area contributed by atoms with E-state index in [2.05, 4.69) is 30.6 Å². The number of hydrogen-bond donors (Lipinski definition) is 1. The van der Waals surface area contributed by atoms with Crippen LogP contribution in [0.25, 0.3) is 0 Å². The van der Waals surface area contributed by atoms with Crippen LogP contribution in [0.3, 0.4) is 0 Å². The summed E-state index contributed by atoms with van der Waals surface area (Å²) < 4.78 is 5.96. The van der Waals surface area contributed by atoms with Gasteiger partial charge in [-0.15, -0.1) is 0 Å². The third-order valence-electron chi connectivity index (χ3n) is 2.89. The van der Waals surface area contributed by atoms with Gasteiger partial charge in [0.25, 0.3) is 0 Å². The first kappa shape index (κ1) is 15.2. The summed E-state index contributed by atoms with van der Waals surface area (Å²) in [6.45, 7) is 12.3. The van der Waals surface area contributed by atoms with Crippen LogP contribution in [0.1, 0.15) is 20.3 Å². The van der Waals surface area contributed by atoms with Gasteiger partial charge in [-0.3, -0.25) is 9.69 Å². The van der Waals surface area contributed by atoms with Gasteiger partial charge in [0.15, 0.2) is 0 Å². The van der Waals surface area contributed by atoms with Crippen molar-refractivity contribution in [3.63, 3.8) is 0 Å². The lowest BCUT2D eigenvalue weighted by Gasteiger charge is -2.33. The third-order valence-corrected chi connectivity index (χ3v) is 3.76. The first-order valence-corrected chi connectivity index (χ1v) is 9.85. The zero-order valence-corrected chi connectivity index (χ0v) is 13.1. The molecule has 0 saturated heterocycles. The molecule has 1 N–H and O–H groups in total. The fraction of sp³-hybridized carbons (Fsp3) is 0.769. The number of carbonyl (C=O) groups is 1. The van der Waals surface area contributed by atoms with Crippen LogP contribution in [0.4, 0.5) is 0 Å². The lowest BCUT2D eigenvalue weighted by Crippen LogP contribution is -2.41. The average Bonchev–Trinajstić information content (AvgIpc) is 2.18. The number of aliphatic carboxylic acids is 1. The lowest BCUT2D eigenvalue weighted by atomic mass is 9.92. The Morgan fingerprint density at radius 3 is 2.50 bits per heavy atom. The van der Waals surface area contributed by atoms with Crippen molar-refractivity contribution in [1.29, 1.82) is 0 Å². The molecule has 0 aromatic heterocycles. The summed E-state index contributed by atoms with van der Waals surface area (Å²) in [4.78, 5) is 13.3. The van der Waals surface area contributed by atoms with E-state index in [1.165, 1.54) is 0 Å². The highest BCUT2D eigenvalue weighted by atomic mass is 28.4. The van der Waals surface area contributed by atoms with Crippen LogP contribution in [-0.2, 0) is 9.22 Å². The summed E-state index contributed by atoms with van der Waals surface area (Å²) >= 11 is 0. The Morgan fingerprint density at radius 1 is 1.50 bits per heavy atom. The van der Waals surface area contributed by atoms with E-state index in [1.807, 2.05) is 0 Å². The van der Waals surface area contributed by atoms with Crippen LogP contribution in [0.15, 0.2) is 11.8 Å². The molecule has 0 spiro atoms. The Hall–Kier alpha value is -0.813. The van der Waals surface area contributed by atoms with E-state index in [9.17, 15) is 4.79 Å². The molecular weight excluding hydrogens is 246 g/mol. The molecule has 1 heterocycles. The molecule has 18 heavy (non-hydrogen) atoms. The Kier molecular flexibility index (Phi) is 4.61. The zero-order valence-electron chi connectivity index (χ0n) is 12.1. The van der Waals surface area contributed by atoms with Crippen molar-refractivity contribution in [2.75, 3.05) is 19.6 Å². The number of carboxylic acids is 1. The molecule has 104 valence electrons. The number of rotatable bonds is 5. The summed E-state index contributed by atoms with van der Waals surface area (Å²) in [6, 6.07) is 0. The summed E-state index contributed by atoms with van der Waals surface area (Å²) in [5, 5.41) is 9.12. The van der Waals surface area contributed by atoms with Gasteiger partial charge in [0.05, 0.1) is 11.2 Å². The first-order chi connectivity index (χ1) is 8.10. The standard InChI is InChI=1S/C13H25NO3Si/c1-13(2,12(15)16)10-14-8-6-11(7-9-14)17-18(3,4)5/h6H,7-10H2,1-5H3,(H,15,16). The van der Waals surface area contributed by atoms with Crippen LogP contribution >= 0.6 is 0 Å². The molecule has 0 aromatic carbocycles. The van der Waals surface area contributed by atoms with Crippen LogP contribution < -0.4 is 0 Å². The molecule has 0 fully saturated rings. The van der Waals surface area contributed by atoms with Gasteiger partial charge in [-0.1, -0.05) is 0 Å². The van der Waals surface area contributed by atoms with Gasteiger partial charge in [0.1, 0.15) is 0 Å². The fourth-order valence-electron chi connectivity index (χ4n) is 1.95. The summed E-state index contributed by atoms with van der Waals surface area (Å²) in [5.74, 6) is 0.342. The minimum atomic E-state index is -1.51. The van der Waals surface area contributed by atoms with Gasteiger partial charge in [-0.2, -0.15) is 0 Å². The second kappa shape index (κ2) is 5.44. The molecule has 1 aliphatic heterocycles. The Balaban J connectivity index is 2.51. The molecule has 1 rings (SSSR count). The number of nitrogens with zero attached hydrogens (tertiary/aromatic N) is 1. The van der Waals surface area contributed by atoms with Gasteiger partial charge >= 0.3 is 5.97 Å². The smallest absolute Gasteiger partial charge is 0.310 e. The Bertz CT molecular complexity index is 345. The molecule has 0 saturated carbocycles. The molecular formula is C13H25NO3Si. The Labute approximate surface area is 111 Å². The quantitative estimate of drug-likeness (QED) is 0.781. The molecule has 0 aromatic rings. The molecule has 0 amide bonds. The summed E-state index contributed by atoms with van der Waals surface area (Å²) in [7, 11) is -1.51. The highest BCUT2D eigenvalue weighted by Gasteiger charge is 2.30. The largest absolute Gasteiger partial charge is 0.547 e. The molecule has 0 aliphatic carbocycles. The van der Waals surface area contributed by atoms with Gasteiger partial charge in [0.2, 0.25) is 8.32 Å². The zero-order chi connectivity index (χ0) is 14.0. The van der Waals surface area contributed by atoms with Gasteiger partial charge in [-0.25, -0.2) is 0 Å². The third kappa shape index (κ3) is 4.82. The van der Waals surface area contributed by atoms with Crippen molar-refractivity contribution in [3.8, 4) is 0 Å². The molecule has 0 bridgehead atoms.